The Bertz CT molecular complexity index is 316. The Kier molecular flexibility index (Phi) is 7.87. The van der Waals surface area contributed by atoms with Crippen LogP contribution in [0.4, 0.5) is 0 Å². The molecule has 3 N–H and O–H groups in total. The number of hydrogen-bond donors (Lipinski definition) is 3. The minimum Gasteiger partial charge on any atom is -0.480 e. The highest BCUT2D eigenvalue weighted by atomic mass is 32.2. The van der Waals surface area contributed by atoms with Crippen molar-refractivity contribution in [1.29, 1.82) is 0 Å². The monoisotopic (exact) mass is 261 g/mol. The van der Waals surface area contributed by atoms with Crippen LogP contribution in [0, 0.1) is 0 Å². The number of nitrogens with one attached hydrogen (secondary N) is 1. The van der Waals surface area contributed by atoms with E-state index in [4.69, 9.17) is 10.2 Å². The molecule has 1 amide bonds. The number of carboxylic acid groups (broad SMARTS) is 2. The van der Waals surface area contributed by atoms with Crippen LogP contribution < -0.4 is 5.32 Å². The van der Waals surface area contributed by atoms with Crippen LogP contribution in [-0.4, -0.2) is 45.6 Å². The SMILES string of the molecule is CCCSCC(NC(=O)C=CC(=O)O)C(=O)O. The zero-order valence-corrected chi connectivity index (χ0v) is 10.2. The predicted octanol–water partition coefficient (Wildman–Crippen LogP) is 0.340. The van der Waals surface area contributed by atoms with Crippen LogP contribution in [0.1, 0.15) is 13.3 Å². The van der Waals surface area contributed by atoms with Crippen molar-refractivity contribution in [2.45, 2.75) is 19.4 Å². The van der Waals surface area contributed by atoms with Crippen molar-refractivity contribution in [3.63, 3.8) is 0 Å². The summed E-state index contributed by atoms with van der Waals surface area (Å²) in [7, 11) is 0. The molecule has 1 unspecified atom stereocenters. The molecule has 0 saturated heterocycles. The van der Waals surface area contributed by atoms with Gasteiger partial charge >= 0.3 is 11.9 Å². The number of hydrogen-bond acceptors (Lipinski definition) is 4. The van der Waals surface area contributed by atoms with E-state index in [9.17, 15) is 14.4 Å². The number of carbonyl (C=O) groups excluding carboxylic acids is 1. The summed E-state index contributed by atoms with van der Waals surface area (Å²) in [6, 6.07) is -1.00. The third-order valence-electron chi connectivity index (χ3n) is 1.62. The molecule has 17 heavy (non-hydrogen) atoms. The molecule has 1 atom stereocenters. The Labute approximate surface area is 103 Å². The first-order valence-corrected chi connectivity index (χ1v) is 6.15. The highest BCUT2D eigenvalue weighted by molar-refractivity contribution is 7.99. The van der Waals surface area contributed by atoms with E-state index in [2.05, 4.69) is 5.32 Å². The van der Waals surface area contributed by atoms with E-state index >= 15 is 0 Å². The molecule has 0 heterocycles. The summed E-state index contributed by atoms with van der Waals surface area (Å²) in [6.07, 6.45) is 2.38. The van der Waals surface area contributed by atoms with Crippen LogP contribution in [0.15, 0.2) is 12.2 Å². The van der Waals surface area contributed by atoms with Crippen molar-refractivity contribution >= 4 is 29.6 Å². The number of carbonyl (C=O) groups is 3. The van der Waals surface area contributed by atoms with E-state index in [1.54, 1.807) is 0 Å². The minimum atomic E-state index is -1.26. The Morgan fingerprint density at radius 3 is 2.41 bits per heavy atom. The number of rotatable bonds is 8. The molecule has 0 aromatic rings. The highest BCUT2D eigenvalue weighted by Gasteiger charge is 2.18. The van der Waals surface area contributed by atoms with Gasteiger partial charge < -0.3 is 15.5 Å². The summed E-state index contributed by atoms with van der Waals surface area (Å²) < 4.78 is 0. The van der Waals surface area contributed by atoms with Crippen LogP contribution in [0.2, 0.25) is 0 Å². The van der Waals surface area contributed by atoms with Crippen molar-refractivity contribution in [2.24, 2.45) is 0 Å². The summed E-state index contributed by atoms with van der Waals surface area (Å²) in [5.41, 5.74) is 0. The van der Waals surface area contributed by atoms with E-state index in [0.717, 1.165) is 18.2 Å². The van der Waals surface area contributed by atoms with E-state index in [1.807, 2.05) is 6.92 Å². The molecule has 96 valence electrons. The van der Waals surface area contributed by atoms with Gasteiger partial charge in [-0.25, -0.2) is 9.59 Å². The molecular formula is C10H15NO5S. The first-order chi connectivity index (χ1) is 7.97. The molecule has 0 bridgehead atoms. The molecule has 0 saturated carbocycles. The minimum absolute atomic E-state index is 0.260. The fourth-order valence-electron chi connectivity index (χ4n) is 0.887. The molecule has 7 heteroatoms. The van der Waals surface area contributed by atoms with Crippen molar-refractivity contribution < 1.29 is 24.6 Å². The van der Waals surface area contributed by atoms with E-state index in [-0.39, 0.29) is 5.75 Å². The molecule has 0 spiro atoms. The fourth-order valence-corrected chi connectivity index (χ4v) is 1.80. The number of carboxylic acids is 2. The molecular weight excluding hydrogens is 246 g/mol. The molecule has 0 fully saturated rings. The van der Waals surface area contributed by atoms with Crippen molar-refractivity contribution in [1.82, 2.24) is 5.32 Å². The molecule has 0 rings (SSSR count). The smallest absolute Gasteiger partial charge is 0.328 e. The average Bonchev–Trinajstić information content (AvgIpc) is 2.25. The van der Waals surface area contributed by atoms with Gasteiger partial charge in [-0.1, -0.05) is 6.92 Å². The zero-order chi connectivity index (χ0) is 13.3. The van der Waals surface area contributed by atoms with Gasteiger partial charge in [-0.05, 0) is 12.2 Å². The Hall–Kier alpha value is -1.50. The molecule has 6 nitrogen and oxygen atoms in total. The van der Waals surface area contributed by atoms with E-state index in [1.165, 1.54) is 11.8 Å². The summed E-state index contributed by atoms with van der Waals surface area (Å²) >= 11 is 1.42. The van der Waals surface area contributed by atoms with Gasteiger partial charge in [-0.2, -0.15) is 11.8 Å². The molecule has 0 aliphatic heterocycles. The Morgan fingerprint density at radius 2 is 1.94 bits per heavy atom. The first kappa shape index (κ1) is 15.5. The lowest BCUT2D eigenvalue weighted by Gasteiger charge is -2.12. The van der Waals surface area contributed by atoms with Gasteiger partial charge in [0.25, 0.3) is 0 Å². The maximum atomic E-state index is 11.2. The van der Waals surface area contributed by atoms with Crippen LogP contribution >= 0.6 is 11.8 Å². The van der Waals surface area contributed by atoms with Crippen LogP contribution in [0.25, 0.3) is 0 Å². The Morgan fingerprint density at radius 1 is 1.29 bits per heavy atom. The molecule has 0 radical (unpaired) electrons. The maximum absolute atomic E-state index is 11.2. The molecule has 0 aliphatic carbocycles. The van der Waals surface area contributed by atoms with Crippen LogP contribution in [0.5, 0.6) is 0 Å². The topological polar surface area (TPSA) is 104 Å². The van der Waals surface area contributed by atoms with E-state index < -0.39 is 23.9 Å². The lowest BCUT2D eigenvalue weighted by atomic mass is 10.3. The number of amides is 1. The van der Waals surface area contributed by atoms with Gasteiger partial charge in [-0.3, -0.25) is 4.79 Å². The average molecular weight is 261 g/mol. The standard InChI is InChI=1S/C10H15NO5S/c1-2-5-17-6-7(10(15)16)11-8(12)3-4-9(13)14/h3-4,7H,2,5-6H2,1H3,(H,11,12)(H,13,14)(H,15,16). The summed E-state index contributed by atoms with van der Waals surface area (Å²) in [5, 5.41) is 19.3. The van der Waals surface area contributed by atoms with Gasteiger partial charge in [0.05, 0.1) is 0 Å². The third-order valence-corrected chi connectivity index (χ3v) is 2.89. The number of thioether (sulfide) groups is 1. The molecule has 0 aromatic heterocycles. The van der Waals surface area contributed by atoms with Gasteiger partial charge in [0.15, 0.2) is 0 Å². The van der Waals surface area contributed by atoms with Crippen molar-refractivity contribution in [2.75, 3.05) is 11.5 Å². The first-order valence-electron chi connectivity index (χ1n) is 4.99. The zero-order valence-electron chi connectivity index (χ0n) is 9.38. The van der Waals surface area contributed by atoms with Gasteiger partial charge in [-0.15, -0.1) is 0 Å². The summed E-state index contributed by atoms with van der Waals surface area (Å²) in [4.78, 5) is 32.1. The number of aliphatic carboxylic acids is 2. The largest absolute Gasteiger partial charge is 0.480 e. The van der Waals surface area contributed by atoms with E-state index in [0.29, 0.717) is 6.08 Å². The predicted molar refractivity (Wildman–Crippen MR) is 64.0 cm³/mol. The second-order valence-electron chi connectivity index (χ2n) is 3.15. The third kappa shape index (κ3) is 8.32. The maximum Gasteiger partial charge on any atom is 0.328 e. The van der Waals surface area contributed by atoms with Gasteiger partial charge in [0, 0.05) is 17.9 Å². The lowest BCUT2D eigenvalue weighted by Crippen LogP contribution is -2.42. The van der Waals surface area contributed by atoms with Crippen LogP contribution in [0.3, 0.4) is 0 Å². The second kappa shape index (κ2) is 8.63. The quantitative estimate of drug-likeness (QED) is 0.430. The van der Waals surface area contributed by atoms with Crippen molar-refractivity contribution in [3.05, 3.63) is 12.2 Å². The van der Waals surface area contributed by atoms with Gasteiger partial charge in [0.1, 0.15) is 6.04 Å². The fraction of sp³-hybridized carbons (Fsp3) is 0.500. The Balaban J connectivity index is 4.20. The highest BCUT2D eigenvalue weighted by Crippen LogP contribution is 2.05. The normalized spacial score (nSPS) is 12.3. The second-order valence-corrected chi connectivity index (χ2v) is 4.30. The molecule has 0 aromatic carbocycles. The van der Waals surface area contributed by atoms with Crippen molar-refractivity contribution in [3.8, 4) is 0 Å². The lowest BCUT2D eigenvalue weighted by molar-refractivity contribution is -0.140. The molecule has 0 aliphatic rings. The summed E-state index contributed by atoms with van der Waals surface area (Å²) in [5.74, 6) is -2.05. The van der Waals surface area contributed by atoms with Gasteiger partial charge in [0.2, 0.25) is 5.91 Å². The van der Waals surface area contributed by atoms with Crippen LogP contribution in [-0.2, 0) is 14.4 Å². The summed E-state index contributed by atoms with van der Waals surface area (Å²) in [6.45, 7) is 1.97.